The Labute approximate surface area is 149 Å². The highest BCUT2D eigenvalue weighted by Gasteiger charge is 2.28. The number of nitrogens with two attached hydrogens (primary N) is 1. The third-order valence-corrected chi connectivity index (χ3v) is 4.28. The van der Waals surface area contributed by atoms with Gasteiger partial charge in [0.15, 0.2) is 11.6 Å². The lowest BCUT2D eigenvalue weighted by Crippen LogP contribution is -2.32. The van der Waals surface area contributed by atoms with Gasteiger partial charge in [-0.15, -0.1) is 0 Å². The van der Waals surface area contributed by atoms with Crippen LogP contribution in [0, 0.1) is 0 Å². The zero-order valence-electron chi connectivity index (χ0n) is 14.0. The maximum atomic E-state index is 12.5. The van der Waals surface area contributed by atoms with Crippen molar-refractivity contribution in [3.8, 4) is 5.82 Å². The van der Waals surface area contributed by atoms with Crippen molar-refractivity contribution >= 4 is 17.4 Å². The lowest BCUT2D eigenvalue weighted by molar-refractivity contribution is 0.0786. The number of carbonyl (C=O) groups excluding carboxylic acids is 1. The van der Waals surface area contributed by atoms with Gasteiger partial charge < -0.3 is 16.0 Å². The van der Waals surface area contributed by atoms with Crippen molar-refractivity contribution in [3.05, 3.63) is 54.9 Å². The third-order valence-electron chi connectivity index (χ3n) is 4.28. The number of nitrogen functional groups attached to an aromatic ring is 1. The fourth-order valence-corrected chi connectivity index (χ4v) is 2.99. The van der Waals surface area contributed by atoms with Crippen LogP contribution in [0.15, 0.2) is 49.2 Å². The Morgan fingerprint density at radius 3 is 2.88 bits per heavy atom. The van der Waals surface area contributed by atoms with E-state index in [-0.39, 0.29) is 11.9 Å². The van der Waals surface area contributed by atoms with Gasteiger partial charge in [0.2, 0.25) is 0 Å². The summed E-state index contributed by atoms with van der Waals surface area (Å²) in [6.45, 7) is 1.22. The standard InChI is InChI=1S/C17H18N8O/c18-14-15(20-11-21-16(14)25-8-3-7-22-25)23-12-5-9-24(10-12)17(26)13-4-1-2-6-19-13/h1-4,6-8,11-12H,5,9-10,18H2,(H,20,21,23). The highest BCUT2D eigenvalue weighted by molar-refractivity contribution is 5.92. The molecule has 0 spiro atoms. The molecule has 3 aromatic rings. The van der Waals surface area contributed by atoms with E-state index in [4.69, 9.17) is 5.73 Å². The molecule has 132 valence electrons. The second-order valence-corrected chi connectivity index (χ2v) is 6.01. The normalized spacial score (nSPS) is 16.6. The molecule has 3 aromatic heterocycles. The number of nitrogens with one attached hydrogen (secondary N) is 1. The Bertz CT molecular complexity index is 896. The quantitative estimate of drug-likeness (QED) is 0.720. The first-order valence-corrected chi connectivity index (χ1v) is 8.29. The Kier molecular flexibility index (Phi) is 4.18. The number of nitrogens with zero attached hydrogens (tertiary/aromatic N) is 6. The van der Waals surface area contributed by atoms with Crippen molar-refractivity contribution in [2.75, 3.05) is 24.1 Å². The van der Waals surface area contributed by atoms with Gasteiger partial charge >= 0.3 is 0 Å². The van der Waals surface area contributed by atoms with Crippen LogP contribution in [0.3, 0.4) is 0 Å². The smallest absolute Gasteiger partial charge is 0.272 e. The maximum absolute atomic E-state index is 12.5. The van der Waals surface area contributed by atoms with Crippen LogP contribution >= 0.6 is 0 Å². The average molecular weight is 350 g/mol. The Morgan fingerprint density at radius 1 is 1.19 bits per heavy atom. The van der Waals surface area contributed by atoms with Gasteiger partial charge in [0.1, 0.15) is 17.7 Å². The zero-order chi connectivity index (χ0) is 17.9. The molecule has 1 atom stereocenters. The van der Waals surface area contributed by atoms with Gasteiger partial charge in [-0.05, 0) is 24.6 Å². The van der Waals surface area contributed by atoms with Crippen LogP contribution in [-0.2, 0) is 0 Å². The van der Waals surface area contributed by atoms with Crippen LogP contribution in [-0.4, -0.2) is 54.7 Å². The topological polar surface area (TPSA) is 115 Å². The Morgan fingerprint density at radius 2 is 2.12 bits per heavy atom. The molecular formula is C17H18N8O. The van der Waals surface area contributed by atoms with Crippen molar-refractivity contribution in [2.45, 2.75) is 12.5 Å². The largest absolute Gasteiger partial charge is 0.393 e. The number of carbonyl (C=O) groups is 1. The summed E-state index contributed by atoms with van der Waals surface area (Å²) < 4.78 is 1.59. The summed E-state index contributed by atoms with van der Waals surface area (Å²) in [6, 6.07) is 7.18. The summed E-state index contributed by atoms with van der Waals surface area (Å²) >= 11 is 0. The summed E-state index contributed by atoms with van der Waals surface area (Å²) in [5.74, 6) is 0.998. The van der Waals surface area contributed by atoms with Crippen LogP contribution in [0.25, 0.3) is 5.82 Å². The lowest BCUT2D eigenvalue weighted by atomic mass is 10.2. The zero-order valence-corrected chi connectivity index (χ0v) is 14.0. The van der Waals surface area contributed by atoms with Gasteiger partial charge in [-0.1, -0.05) is 6.07 Å². The van der Waals surface area contributed by atoms with E-state index in [0.29, 0.717) is 36.1 Å². The number of rotatable bonds is 4. The summed E-state index contributed by atoms with van der Waals surface area (Å²) in [7, 11) is 0. The maximum Gasteiger partial charge on any atom is 0.272 e. The highest BCUT2D eigenvalue weighted by atomic mass is 16.2. The molecule has 1 saturated heterocycles. The first-order valence-electron chi connectivity index (χ1n) is 8.29. The van der Waals surface area contributed by atoms with Gasteiger partial charge in [-0.2, -0.15) is 5.10 Å². The molecule has 0 aromatic carbocycles. The molecule has 1 aliphatic heterocycles. The molecular weight excluding hydrogens is 332 g/mol. The SMILES string of the molecule is Nc1c(NC2CCN(C(=O)c3ccccn3)C2)ncnc1-n1cccn1. The number of hydrogen-bond acceptors (Lipinski definition) is 7. The Hall–Kier alpha value is -3.49. The van der Waals surface area contributed by atoms with E-state index in [2.05, 4.69) is 25.4 Å². The van der Waals surface area contributed by atoms with E-state index < -0.39 is 0 Å². The second kappa shape index (κ2) is 6.79. The second-order valence-electron chi connectivity index (χ2n) is 6.01. The third kappa shape index (κ3) is 3.06. The number of amides is 1. The molecule has 3 N–H and O–H groups in total. The molecule has 4 heterocycles. The van der Waals surface area contributed by atoms with Gasteiger partial charge in [0, 0.05) is 37.7 Å². The van der Waals surface area contributed by atoms with Crippen LogP contribution in [0.4, 0.5) is 11.5 Å². The van der Waals surface area contributed by atoms with Crippen molar-refractivity contribution in [1.82, 2.24) is 29.6 Å². The van der Waals surface area contributed by atoms with E-state index >= 15 is 0 Å². The average Bonchev–Trinajstić information content (AvgIpc) is 3.36. The molecule has 0 aliphatic carbocycles. The van der Waals surface area contributed by atoms with Crippen molar-refractivity contribution in [2.24, 2.45) is 0 Å². The molecule has 26 heavy (non-hydrogen) atoms. The van der Waals surface area contributed by atoms with Gasteiger partial charge in [0.05, 0.1) is 0 Å². The number of hydrogen-bond donors (Lipinski definition) is 2. The van der Waals surface area contributed by atoms with Crippen molar-refractivity contribution in [3.63, 3.8) is 0 Å². The molecule has 1 unspecified atom stereocenters. The molecule has 0 saturated carbocycles. The number of anilines is 2. The minimum atomic E-state index is -0.0669. The van der Waals surface area contributed by atoms with Gasteiger partial charge in [-0.3, -0.25) is 9.78 Å². The lowest BCUT2D eigenvalue weighted by Gasteiger charge is -2.18. The van der Waals surface area contributed by atoms with Gasteiger partial charge in [-0.25, -0.2) is 14.6 Å². The van der Waals surface area contributed by atoms with E-state index in [1.807, 2.05) is 6.07 Å². The molecule has 1 aliphatic rings. The molecule has 9 heteroatoms. The van der Waals surface area contributed by atoms with Crippen LogP contribution in [0.5, 0.6) is 0 Å². The van der Waals surface area contributed by atoms with E-state index in [0.717, 1.165) is 6.42 Å². The fraction of sp³-hybridized carbons (Fsp3) is 0.235. The molecule has 0 radical (unpaired) electrons. The van der Waals surface area contributed by atoms with Gasteiger partial charge in [0.25, 0.3) is 5.91 Å². The molecule has 9 nitrogen and oxygen atoms in total. The summed E-state index contributed by atoms with van der Waals surface area (Å²) in [6.07, 6.45) is 7.30. The monoisotopic (exact) mass is 350 g/mol. The van der Waals surface area contributed by atoms with Crippen molar-refractivity contribution in [1.29, 1.82) is 0 Å². The van der Waals surface area contributed by atoms with E-state index in [1.165, 1.54) is 6.33 Å². The number of pyridine rings is 1. The minimum Gasteiger partial charge on any atom is -0.393 e. The summed E-state index contributed by atoms with van der Waals surface area (Å²) in [5.41, 5.74) is 7.08. The van der Waals surface area contributed by atoms with Crippen LogP contribution in [0.1, 0.15) is 16.9 Å². The molecule has 4 rings (SSSR count). The minimum absolute atomic E-state index is 0.0605. The first kappa shape index (κ1) is 16.0. The predicted octanol–water partition coefficient (Wildman–Crippen LogP) is 0.966. The van der Waals surface area contributed by atoms with Crippen LogP contribution < -0.4 is 11.1 Å². The number of likely N-dealkylation sites (tertiary alicyclic amines) is 1. The van der Waals surface area contributed by atoms with Crippen molar-refractivity contribution < 1.29 is 4.79 Å². The molecule has 1 fully saturated rings. The summed E-state index contributed by atoms with van der Waals surface area (Å²) in [4.78, 5) is 26.8. The van der Waals surface area contributed by atoms with E-state index in [1.54, 1.807) is 46.4 Å². The Balaban J connectivity index is 1.46. The van der Waals surface area contributed by atoms with E-state index in [9.17, 15) is 4.79 Å². The highest BCUT2D eigenvalue weighted by Crippen LogP contribution is 2.24. The molecule has 1 amide bonds. The molecule has 0 bridgehead atoms. The first-order chi connectivity index (χ1) is 12.7. The predicted molar refractivity (Wildman–Crippen MR) is 95.7 cm³/mol. The number of aromatic nitrogens is 5. The fourth-order valence-electron chi connectivity index (χ4n) is 2.99. The van der Waals surface area contributed by atoms with Crippen LogP contribution in [0.2, 0.25) is 0 Å². The summed E-state index contributed by atoms with van der Waals surface area (Å²) in [5, 5.41) is 7.46.